The van der Waals surface area contributed by atoms with Crippen molar-refractivity contribution in [2.75, 3.05) is 27.2 Å². The van der Waals surface area contributed by atoms with Crippen LogP contribution < -0.4 is 4.74 Å². The number of hydrogen-bond acceptors (Lipinski definition) is 3. The highest BCUT2D eigenvalue weighted by molar-refractivity contribution is 5.38. The Hall–Kier alpha value is -1.06. The number of ether oxygens (including phenoxy) is 1. The van der Waals surface area contributed by atoms with Crippen LogP contribution in [0, 0.1) is 13.8 Å². The summed E-state index contributed by atoms with van der Waals surface area (Å²) in [7, 11) is 3.86. The van der Waals surface area contributed by atoms with Crippen molar-refractivity contribution in [3.63, 3.8) is 0 Å². The maximum Gasteiger partial charge on any atom is 0.122 e. The van der Waals surface area contributed by atoms with Gasteiger partial charge in [0, 0.05) is 6.54 Å². The zero-order chi connectivity index (χ0) is 12.1. The minimum Gasteiger partial charge on any atom is -0.491 e. The molecule has 0 saturated heterocycles. The Kier molecular flexibility index (Phi) is 4.77. The molecule has 0 aliphatic rings. The molecule has 1 aromatic carbocycles. The average Bonchev–Trinajstić information content (AvgIpc) is 2.19. The predicted molar refractivity (Wildman–Crippen MR) is 66.0 cm³/mol. The molecule has 3 heteroatoms. The van der Waals surface area contributed by atoms with Crippen molar-refractivity contribution in [3.8, 4) is 5.75 Å². The predicted octanol–water partition coefficient (Wildman–Crippen LogP) is 1.60. The van der Waals surface area contributed by atoms with Crippen molar-refractivity contribution in [1.82, 2.24) is 4.90 Å². The SMILES string of the molecule is Cc1cccc(OCC(O)CN(C)C)c1C. The molecule has 1 N–H and O–H groups in total. The van der Waals surface area contributed by atoms with E-state index in [4.69, 9.17) is 4.74 Å². The van der Waals surface area contributed by atoms with Crippen molar-refractivity contribution >= 4 is 0 Å². The number of aliphatic hydroxyl groups is 1. The second-order valence-electron chi connectivity index (χ2n) is 4.43. The first-order valence-electron chi connectivity index (χ1n) is 5.52. The van der Waals surface area contributed by atoms with Gasteiger partial charge in [0.1, 0.15) is 18.5 Å². The summed E-state index contributed by atoms with van der Waals surface area (Å²) in [6.07, 6.45) is -0.449. The van der Waals surface area contributed by atoms with Gasteiger partial charge in [-0.05, 0) is 45.1 Å². The van der Waals surface area contributed by atoms with Crippen LogP contribution in [0.2, 0.25) is 0 Å². The Bertz CT molecular complexity index is 337. The van der Waals surface area contributed by atoms with Gasteiger partial charge in [0.25, 0.3) is 0 Å². The number of nitrogens with zero attached hydrogens (tertiary/aromatic N) is 1. The van der Waals surface area contributed by atoms with Gasteiger partial charge in [0.15, 0.2) is 0 Å². The van der Waals surface area contributed by atoms with E-state index in [0.29, 0.717) is 13.2 Å². The first-order valence-corrected chi connectivity index (χ1v) is 5.52. The lowest BCUT2D eigenvalue weighted by molar-refractivity contribution is 0.0828. The number of hydrogen-bond donors (Lipinski definition) is 1. The molecule has 90 valence electrons. The van der Waals surface area contributed by atoms with Gasteiger partial charge in [-0.2, -0.15) is 0 Å². The molecule has 16 heavy (non-hydrogen) atoms. The summed E-state index contributed by atoms with van der Waals surface area (Å²) in [5, 5.41) is 9.67. The smallest absolute Gasteiger partial charge is 0.122 e. The molecule has 0 aromatic heterocycles. The maximum atomic E-state index is 9.67. The van der Waals surface area contributed by atoms with Crippen LogP contribution in [0.5, 0.6) is 5.75 Å². The lowest BCUT2D eigenvalue weighted by Gasteiger charge is -2.17. The average molecular weight is 223 g/mol. The third-order valence-electron chi connectivity index (χ3n) is 2.56. The van der Waals surface area contributed by atoms with E-state index in [1.54, 1.807) is 0 Å². The molecule has 0 spiro atoms. The van der Waals surface area contributed by atoms with E-state index in [1.165, 1.54) is 5.56 Å². The van der Waals surface area contributed by atoms with Gasteiger partial charge in [0.05, 0.1) is 0 Å². The third kappa shape index (κ3) is 3.83. The molecule has 3 nitrogen and oxygen atoms in total. The van der Waals surface area contributed by atoms with Crippen LogP contribution in [-0.4, -0.2) is 43.4 Å². The number of benzene rings is 1. The van der Waals surface area contributed by atoms with Crippen LogP contribution in [0.4, 0.5) is 0 Å². The Balaban J connectivity index is 2.51. The summed E-state index contributed by atoms with van der Waals surface area (Å²) in [4.78, 5) is 1.94. The second-order valence-corrected chi connectivity index (χ2v) is 4.43. The van der Waals surface area contributed by atoms with Crippen molar-refractivity contribution in [3.05, 3.63) is 29.3 Å². The molecule has 0 aliphatic carbocycles. The molecule has 1 rings (SSSR count). The van der Waals surface area contributed by atoms with Crippen molar-refractivity contribution in [1.29, 1.82) is 0 Å². The molecule has 0 radical (unpaired) electrons. The van der Waals surface area contributed by atoms with Crippen LogP contribution in [0.15, 0.2) is 18.2 Å². The molecule has 0 amide bonds. The number of aliphatic hydroxyl groups excluding tert-OH is 1. The normalized spacial score (nSPS) is 12.9. The fraction of sp³-hybridized carbons (Fsp3) is 0.538. The summed E-state index contributed by atoms with van der Waals surface area (Å²) >= 11 is 0. The van der Waals surface area contributed by atoms with Crippen LogP contribution in [0.1, 0.15) is 11.1 Å². The highest BCUT2D eigenvalue weighted by Crippen LogP contribution is 2.20. The van der Waals surface area contributed by atoms with E-state index in [-0.39, 0.29) is 0 Å². The Morgan fingerprint density at radius 3 is 2.62 bits per heavy atom. The van der Waals surface area contributed by atoms with Gasteiger partial charge in [-0.15, -0.1) is 0 Å². The first-order chi connectivity index (χ1) is 7.50. The van der Waals surface area contributed by atoms with Crippen LogP contribution in [0.25, 0.3) is 0 Å². The molecule has 0 fully saturated rings. The minimum absolute atomic E-state index is 0.336. The summed E-state index contributed by atoms with van der Waals surface area (Å²) in [6.45, 7) is 5.04. The van der Waals surface area contributed by atoms with E-state index in [0.717, 1.165) is 11.3 Å². The number of likely N-dealkylation sites (N-methyl/N-ethyl adjacent to an activating group) is 1. The molecule has 0 saturated carbocycles. The van der Waals surface area contributed by atoms with E-state index in [1.807, 2.05) is 38.1 Å². The lowest BCUT2D eigenvalue weighted by atomic mass is 10.1. The highest BCUT2D eigenvalue weighted by atomic mass is 16.5. The molecule has 1 atom stereocenters. The monoisotopic (exact) mass is 223 g/mol. The van der Waals surface area contributed by atoms with Crippen molar-refractivity contribution in [2.45, 2.75) is 20.0 Å². The quantitative estimate of drug-likeness (QED) is 0.823. The summed E-state index contributed by atoms with van der Waals surface area (Å²) in [6, 6.07) is 5.96. The van der Waals surface area contributed by atoms with E-state index < -0.39 is 6.10 Å². The van der Waals surface area contributed by atoms with Gasteiger partial charge < -0.3 is 14.7 Å². The fourth-order valence-corrected chi connectivity index (χ4v) is 1.54. The summed E-state index contributed by atoms with van der Waals surface area (Å²) in [5.74, 6) is 0.859. The van der Waals surface area contributed by atoms with E-state index >= 15 is 0 Å². The van der Waals surface area contributed by atoms with Gasteiger partial charge in [-0.25, -0.2) is 0 Å². The van der Waals surface area contributed by atoms with Crippen LogP contribution >= 0.6 is 0 Å². The molecular weight excluding hydrogens is 202 g/mol. The zero-order valence-electron chi connectivity index (χ0n) is 10.5. The highest BCUT2D eigenvalue weighted by Gasteiger charge is 2.08. The molecular formula is C13H21NO2. The Morgan fingerprint density at radius 1 is 1.31 bits per heavy atom. The third-order valence-corrected chi connectivity index (χ3v) is 2.56. The van der Waals surface area contributed by atoms with Crippen LogP contribution in [0.3, 0.4) is 0 Å². The Morgan fingerprint density at radius 2 is 2.00 bits per heavy atom. The summed E-state index contributed by atoms with van der Waals surface area (Å²) in [5.41, 5.74) is 2.35. The Labute approximate surface area is 97.7 Å². The van der Waals surface area contributed by atoms with Gasteiger partial charge in [-0.1, -0.05) is 12.1 Å². The summed E-state index contributed by atoms with van der Waals surface area (Å²) < 4.78 is 5.60. The zero-order valence-corrected chi connectivity index (χ0v) is 10.5. The van der Waals surface area contributed by atoms with Gasteiger partial charge >= 0.3 is 0 Å². The largest absolute Gasteiger partial charge is 0.491 e. The van der Waals surface area contributed by atoms with E-state index in [2.05, 4.69) is 13.0 Å². The maximum absolute atomic E-state index is 9.67. The van der Waals surface area contributed by atoms with Crippen molar-refractivity contribution in [2.24, 2.45) is 0 Å². The lowest BCUT2D eigenvalue weighted by Crippen LogP contribution is -2.30. The topological polar surface area (TPSA) is 32.7 Å². The van der Waals surface area contributed by atoms with Gasteiger partial charge in [0.2, 0.25) is 0 Å². The molecule has 0 bridgehead atoms. The second kappa shape index (κ2) is 5.87. The van der Waals surface area contributed by atoms with Crippen molar-refractivity contribution < 1.29 is 9.84 Å². The number of aryl methyl sites for hydroxylation is 1. The standard InChI is InChI=1S/C13H21NO2/c1-10-6-5-7-13(11(10)2)16-9-12(15)8-14(3)4/h5-7,12,15H,8-9H2,1-4H3. The van der Waals surface area contributed by atoms with Gasteiger partial charge in [-0.3, -0.25) is 0 Å². The number of rotatable bonds is 5. The van der Waals surface area contributed by atoms with E-state index in [9.17, 15) is 5.11 Å². The van der Waals surface area contributed by atoms with Crippen LogP contribution in [-0.2, 0) is 0 Å². The minimum atomic E-state index is -0.449. The molecule has 0 heterocycles. The first kappa shape index (κ1) is 13.0. The molecule has 0 aliphatic heterocycles. The molecule has 1 aromatic rings. The fourth-order valence-electron chi connectivity index (χ4n) is 1.54. The molecule has 1 unspecified atom stereocenters.